The Hall–Kier alpha value is -3.03. The summed E-state index contributed by atoms with van der Waals surface area (Å²) in [4.78, 5) is 0. The van der Waals surface area contributed by atoms with Crippen molar-refractivity contribution in [3.05, 3.63) is 76.0 Å². The Labute approximate surface area is 159 Å². The van der Waals surface area contributed by atoms with Gasteiger partial charge in [0.05, 0.1) is 11.9 Å². The van der Waals surface area contributed by atoms with Crippen LogP contribution < -0.4 is 0 Å². The summed E-state index contributed by atoms with van der Waals surface area (Å²) in [6, 6.07) is 19.2. The number of nitrogens with zero attached hydrogens (tertiary/aromatic N) is 4. The molecule has 0 aliphatic heterocycles. The maximum absolute atomic E-state index is 6.17. The molecule has 26 heavy (non-hydrogen) atoms. The van der Waals surface area contributed by atoms with Gasteiger partial charge in [-0.3, -0.25) is 5.10 Å². The molecule has 0 aliphatic carbocycles. The summed E-state index contributed by atoms with van der Waals surface area (Å²) in [7, 11) is 0. The zero-order valence-electron chi connectivity index (χ0n) is 13.4. The van der Waals surface area contributed by atoms with Crippen LogP contribution in [0.4, 0.5) is 0 Å². The fourth-order valence-corrected chi connectivity index (χ4v) is 2.83. The van der Waals surface area contributed by atoms with Crippen LogP contribution in [-0.2, 0) is 0 Å². The van der Waals surface area contributed by atoms with Gasteiger partial charge in [0.2, 0.25) is 10.6 Å². The molecule has 2 N–H and O–H groups in total. The summed E-state index contributed by atoms with van der Waals surface area (Å²) >= 11 is 11.5. The largest absolute Gasteiger partial charge is 0.274 e. The molecule has 2 aromatic heterocycles. The van der Waals surface area contributed by atoms with Crippen molar-refractivity contribution in [1.82, 2.24) is 25.1 Å². The second-order valence-electron chi connectivity index (χ2n) is 5.46. The molecule has 0 unspecified atom stereocenters. The fraction of sp³-hybridized carbons (Fsp3) is 0. The normalized spacial score (nSPS) is 11.3. The molecule has 2 aromatic carbocycles. The van der Waals surface area contributed by atoms with Crippen molar-refractivity contribution in [3.63, 3.8) is 0 Å². The number of H-pyrrole nitrogens is 2. The lowest BCUT2D eigenvalue weighted by molar-refractivity contribution is 0.865. The molecule has 8 heteroatoms. The Kier molecular flexibility index (Phi) is 4.47. The number of rotatable bonds is 4. The Morgan fingerprint density at radius 1 is 1.00 bits per heavy atom. The van der Waals surface area contributed by atoms with Gasteiger partial charge in [-0.1, -0.05) is 60.1 Å². The molecule has 0 amide bonds. The molecule has 2 heterocycles. The zero-order chi connectivity index (χ0) is 17.9. The number of benzene rings is 2. The summed E-state index contributed by atoms with van der Waals surface area (Å²) in [5.41, 5.74) is 3.32. The number of hydrogen-bond acceptors (Lipinski definition) is 4. The molecular weight excluding hydrogens is 368 g/mol. The van der Waals surface area contributed by atoms with Gasteiger partial charge in [-0.25, -0.2) is 5.10 Å². The van der Waals surface area contributed by atoms with E-state index in [-0.39, 0.29) is 0 Å². The van der Waals surface area contributed by atoms with Crippen molar-refractivity contribution >= 4 is 30.0 Å². The average Bonchev–Trinajstić information content (AvgIpc) is 3.29. The van der Waals surface area contributed by atoms with E-state index >= 15 is 0 Å². The van der Waals surface area contributed by atoms with E-state index < -0.39 is 0 Å². The minimum Gasteiger partial charge on any atom is -0.274 e. The first kappa shape index (κ1) is 16.4. The van der Waals surface area contributed by atoms with Crippen LogP contribution in [0.3, 0.4) is 0 Å². The van der Waals surface area contributed by atoms with Gasteiger partial charge in [0.15, 0.2) is 0 Å². The van der Waals surface area contributed by atoms with Crippen molar-refractivity contribution in [1.29, 1.82) is 0 Å². The SMILES string of the molecule is S=c1[nH]nc(-c2cc(-c3ccccc3)n[nH]2)n1N=Cc1ccccc1Cl. The van der Waals surface area contributed by atoms with Crippen molar-refractivity contribution in [3.8, 4) is 22.8 Å². The third-order valence-electron chi connectivity index (χ3n) is 3.76. The monoisotopic (exact) mass is 380 g/mol. The molecule has 4 rings (SSSR count). The molecule has 4 aromatic rings. The van der Waals surface area contributed by atoms with Gasteiger partial charge in [0, 0.05) is 16.1 Å². The average molecular weight is 381 g/mol. The van der Waals surface area contributed by atoms with Crippen LogP contribution in [0.2, 0.25) is 5.02 Å². The molecular formula is C18H13ClN6S. The molecule has 0 fully saturated rings. The Bertz CT molecular complexity index is 1130. The van der Waals surface area contributed by atoms with E-state index in [1.54, 1.807) is 12.3 Å². The predicted molar refractivity (Wildman–Crippen MR) is 105 cm³/mol. The minimum atomic E-state index is 0.374. The van der Waals surface area contributed by atoms with E-state index in [2.05, 4.69) is 25.5 Å². The maximum Gasteiger partial charge on any atom is 0.216 e. The molecule has 0 saturated carbocycles. The highest BCUT2D eigenvalue weighted by atomic mass is 35.5. The molecule has 0 radical (unpaired) electrons. The third kappa shape index (κ3) is 3.22. The predicted octanol–water partition coefficient (Wildman–Crippen LogP) is 4.53. The molecule has 0 aliphatic rings. The summed E-state index contributed by atoms with van der Waals surface area (Å²) < 4.78 is 1.90. The summed E-state index contributed by atoms with van der Waals surface area (Å²) in [5, 5.41) is 19.4. The van der Waals surface area contributed by atoms with Crippen LogP contribution in [0.25, 0.3) is 22.8 Å². The molecule has 0 bridgehead atoms. The Morgan fingerprint density at radius 2 is 1.77 bits per heavy atom. The van der Waals surface area contributed by atoms with Gasteiger partial charge in [0.25, 0.3) is 0 Å². The van der Waals surface area contributed by atoms with Gasteiger partial charge in [-0.2, -0.15) is 20.0 Å². The lowest BCUT2D eigenvalue weighted by Gasteiger charge is -1.99. The number of halogens is 1. The molecule has 0 atom stereocenters. The molecule has 0 saturated heterocycles. The Balaban J connectivity index is 1.70. The molecule has 128 valence electrons. The van der Waals surface area contributed by atoms with E-state index in [0.717, 1.165) is 16.8 Å². The lowest BCUT2D eigenvalue weighted by Crippen LogP contribution is -1.95. The second-order valence-corrected chi connectivity index (χ2v) is 6.26. The maximum atomic E-state index is 6.17. The first-order chi connectivity index (χ1) is 12.7. The van der Waals surface area contributed by atoms with Crippen LogP contribution in [-0.4, -0.2) is 31.3 Å². The minimum absolute atomic E-state index is 0.374. The van der Waals surface area contributed by atoms with E-state index in [9.17, 15) is 0 Å². The number of aromatic amines is 2. The quantitative estimate of drug-likeness (QED) is 0.403. The number of hydrogen-bond donors (Lipinski definition) is 2. The van der Waals surface area contributed by atoms with Gasteiger partial charge in [0.1, 0.15) is 5.69 Å². The lowest BCUT2D eigenvalue weighted by atomic mass is 10.1. The van der Waals surface area contributed by atoms with Crippen molar-refractivity contribution in [2.75, 3.05) is 0 Å². The van der Waals surface area contributed by atoms with Crippen molar-refractivity contribution in [2.24, 2.45) is 5.10 Å². The van der Waals surface area contributed by atoms with E-state index in [0.29, 0.717) is 21.3 Å². The van der Waals surface area contributed by atoms with Crippen molar-refractivity contribution in [2.45, 2.75) is 0 Å². The number of nitrogens with one attached hydrogen (secondary N) is 2. The molecule has 6 nitrogen and oxygen atoms in total. The van der Waals surface area contributed by atoms with E-state index in [4.69, 9.17) is 23.8 Å². The second kappa shape index (κ2) is 7.07. The van der Waals surface area contributed by atoms with Gasteiger partial charge in [-0.15, -0.1) is 0 Å². The highest BCUT2D eigenvalue weighted by molar-refractivity contribution is 7.71. The van der Waals surface area contributed by atoms with Crippen LogP contribution in [0.5, 0.6) is 0 Å². The smallest absolute Gasteiger partial charge is 0.216 e. The van der Waals surface area contributed by atoms with Crippen LogP contribution in [0.1, 0.15) is 5.56 Å². The summed E-state index contributed by atoms with van der Waals surface area (Å²) in [6.45, 7) is 0. The van der Waals surface area contributed by atoms with Gasteiger partial charge >= 0.3 is 0 Å². The highest BCUT2D eigenvalue weighted by Gasteiger charge is 2.12. The third-order valence-corrected chi connectivity index (χ3v) is 4.36. The molecule has 0 spiro atoms. The van der Waals surface area contributed by atoms with E-state index in [1.165, 1.54) is 4.68 Å². The van der Waals surface area contributed by atoms with Gasteiger partial charge in [-0.05, 0) is 24.4 Å². The standard InChI is InChI=1S/C18H13ClN6S/c19-14-9-5-4-8-13(14)11-20-25-17(23-24-18(25)26)16-10-15(21-22-16)12-6-2-1-3-7-12/h1-11H,(H,21,22)(H,24,26). The summed E-state index contributed by atoms with van der Waals surface area (Å²) in [6.07, 6.45) is 1.64. The highest BCUT2D eigenvalue weighted by Crippen LogP contribution is 2.22. The van der Waals surface area contributed by atoms with Crippen LogP contribution >= 0.6 is 23.8 Å². The van der Waals surface area contributed by atoms with E-state index in [1.807, 2.05) is 54.6 Å². The fourth-order valence-electron chi connectivity index (χ4n) is 2.47. The first-order valence-electron chi connectivity index (χ1n) is 7.80. The number of aromatic nitrogens is 5. The Morgan fingerprint density at radius 3 is 2.58 bits per heavy atom. The summed E-state index contributed by atoms with van der Waals surface area (Å²) in [5.74, 6) is 0.535. The van der Waals surface area contributed by atoms with Crippen LogP contribution in [0.15, 0.2) is 65.8 Å². The van der Waals surface area contributed by atoms with Crippen molar-refractivity contribution < 1.29 is 0 Å². The topological polar surface area (TPSA) is 74.7 Å². The zero-order valence-corrected chi connectivity index (χ0v) is 15.0. The van der Waals surface area contributed by atoms with Gasteiger partial charge < -0.3 is 0 Å². The van der Waals surface area contributed by atoms with Crippen LogP contribution in [0, 0.1) is 4.77 Å². The first-order valence-corrected chi connectivity index (χ1v) is 8.58.